The van der Waals surface area contributed by atoms with Gasteiger partial charge in [-0.2, -0.15) is 0 Å². The summed E-state index contributed by atoms with van der Waals surface area (Å²) in [6, 6.07) is 14.0. The van der Waals surface area contributed by atoms with Crippen LogP contribution in [0.2, 0.25) is 0 Å². The van der Waals surface area contributed by atoms with Gasteiger partial charge in [0.2, 0.25) is 0 Å². The van der Waals surface area contributed by atoms with Crippen LogP contribution in [0.1, 0.15) is 30.5 Å². The van der Waals surface area contributed by atoms with Crippen LogP contribution in [0.15, 0.2) is 48.5 Å². The number of methoxy groups -OCH3 is 1. The normalized spacial score (nSPS) is 11.8. The van der Waals surface area contributed by atoms with Gasteiger partial charge in [0.1, 0.15) is 6.04 Å². The number of nitrogens with one attached hydrogen (secondary N) is 1. The van der Waals surface area contributed by atoms with Gasteiger partial charge in [-0.3, -0.25) is 10.1 Å². The second-order valence-electron chi connectivity index (χ2n) is 5.40. The predicted octanol–water partition coefficient (Wildman–Crippen LogP) is 3.40. The van der Waals surface area contributed by atoms with Crippen LogP contribution in [-0.4, -0.2) is 24.8 Å². The standard InChI is InChI=1S/C19H23NO4/c1-3-11-24-17-12-14(9-10-16(17)23-2)13-20-18(19(21)22)15-7-5-4-6-8-15/h4-10,12,18,20H,3,11,13H2,1-2H3,(H,21,22)/t18-/m0/s1. The molecule has 0 aromatic heterocycles. The van der Waals surface area contributed by atoms with E-state index in [2.05, 4.69) is 5.32 Å². The maximum Gasteiger partial charge on any atom is 0.325 e. The van der Waals surface area contributed by atoms with Gasteiger partial charge in [-0.15, -0.1) is 0 Å². The van der Waals surface area contributed by atoms with Gasteiger partial charge in [0, 0.05) is 6.54 Å². The van der Waals surface area contributed by atoms with E-state index in [4.69, 9.17) is 9.47 Å². The first-order chi connectivity index (χ1) is 11.7. The van der Waals surface area contributed by atoms with Gasteiger partial charge in [-0.05, 0) is 29.7 Å². The quantitative estimate of drug-likeness (QED) is 0.738. The maximum atomic E-state index is 11.5. The zero-order valence-corrected chi connectivity index (χ0v) is 14.0. The van der Waals surface area contributed by atoms with Crippen LogP contribution in [0.5, 0.6) is 11.5 Å². The summed E-state index contributed by atoms with van der Waals surface area (Å²) in [5.74, 6) is 0.437. The molecule has 5 heteroatoms. The Balaban J connectivity index is 2.10. The summed E-state index contributed by atoms with van der Waals surface area (Å²) in [6.45, 7) is 3.06. The van der Waals surface area contributed by atoms with Crippen molar-refractivity contribution < 1.29 is 19.4 Å². The van der Waals surface area contributed by atoms with E-state index < -0.39 is 12.0 Å². The third-order valence-corrected chi connectivity index (χ3v) is 3.58. The molecule has 24 heavy (non-hydrogen) atoms. The van der Waals surface area contributed by atoms with Gasteiger partial charge in [0.15, 0.2) is 11.5 Å². The zero-order valence-electron chi connectivity index (χ0n) is 14.0. The maximum absolute atomic E-state index is 11.5. The summed E-state index contributed by atoms with van der Waals surface area (Å²) in [5, 5.41) is 12.5. The molecule has 0 fully saturated rings. The largest absolute Gasteiger partial charge is 0.493 e. The Kier molecular flexibility index (Phi) is 6.63. The Labute approximate surface area is 142 Å². The van der Waals surface area contributed by atoms with Crippen molar-refractivity contribution in [3.8, 4) is 11.5 Å². The Morgan fingerprint density at radius 3 is 2.54 bits per heavy atom. The molecule has 0 unspecified atom stereocenters. The first-order valence-electron chi connectivity index (χ1n) is 7.96. The minimum Gasteiger partial charge on any atom is -0.493 e. The fourth-order valence-electron chi connectivity index (χ4n) is 2.37. The van der Waals surface area contributed by atoms with Crippen LogP contribution in [-0.2, 0) is 11.3 Å². The van der Waals surface area contributed by atoms with Crippen molar-refractivity contribution in [2.24, 2.45) is 0 Å². The number of carboxylic acid groups (broad SMARTS) is 1. The predicted molar refractivity (Wildman–Crippen MR) is 92.4 cm³/mol. The van der Waals surface area contributed by atoms with Gasteiger partial charge < -0.3 is 14.6 Å². The van der Waals surface area contributed by atoms with Crippen molar-refractivity contribution in [3.63, 3.8) is 0 Å². The van der Waals surface area contributed by atoms with Crippen molar-refractivity contribution in [3.05, 3.63) is 59.7 Å². The number of rotatable bonds is 9. The van der Waals surface area contributed by atoms with Crippen LogP contribution in [0.25, 0.3) is 0 Å². The van der Waals surface area contributed by atoms with E-state index in [0.29, 0.717) is 24.7 Å². The lowest BCUT2D eigenvalue weighted by molar-refractivity contribution is -0.139. The number of benzene rings is 2. The molecule has 0 spiro atoms. The number of ether oxygens (including phenoxy) is 2. The van der Waals surface area contributed by atoms with Crippen molar-refractivity contribution in [2.45, 2.75) is 25.9 Å². The molecule has 0 aliphatic rings. The molecule has 0 amide bonds. The van der Waals surface area contributed by atoms with E-state index in [9.17, 15) is 9.90 Å². The first kappa shape index (κ1) is 17.8. The van der Waals surface area contributed by atoms with E-state index >= 15 is 0 Å². The molecule has 2 N–H and O–H groups in total. The number of aliphatic carboxylic acids is 1. The molecule has 2 aromatic rings. The van der Waals surface area contributed by atoms with Gasteiger partial charge in [0.25, 0.3) is 0 Å². The molecular weight excluding hydrogens is 306 g/mol. The van der Waals surface area contributed by atoms with Gasteiger partial charge in [0.05, 0.1) is 13.7 Å². The van der Waals surface area contributed by atoms with Crippen LogP contribution in [0.4, 0.5) is 0 Å². The highest BCUT2D eigenvalue weighted by molar-refractivity contribution is 5.75. The minimum atomic E-state index is -0.905. The topological polar surface area (TPSA) is 67.8 Å². The Morgan fingerprint density at radius 1 is 1.17 bits per heavy atom. The summed E-state index contributed by atoms with van der Waals surface area (Å²) >= 11 is 0. The Bertz CT molecular complexity index is 658. The highest BCUT2D eigenvalue weighted by atomic mass is 16.5. The summed E-state index contributed by atoms with van der Waals surface area (Å²) in [6.07, 6.45) is 0.903. The van der Waals surface area contributed by atoms with Crippen molar-refractivity contribution in [1.82, 2.24) is 5.32 Å². The SMILES string of the molecule is CCCOc1cc(CN[C@H](C(=O)O)c2ccccc2)ccc1OC. The molecule has 128 valence electrons. The van der Waals surface area contributed by atoms with Gasteiger partial charge in [-0.1, -0.05) is 43.3 Å². The first-order valence-corrected chi connectivity index (χ1v) is 7.96. The molecule has 0 radical (unpaired) electrons. The lowest BCUT2D eigenvalue weighted by Gasteiger charge is -2.16. The molecule has 0 saturated heterocycles. The van der Waals surface area contributed by atoms with Crippen LogP contribution < -0.4 is 14.8 Å². The van der Waals surface area contributed by atoms with E-state index in [1.807, 2.05) is 43.3 Å². The van der Waals surface area contributed by atoms with E-state index in [-0.39, 0.29) is 0 Å². The van der Waals surface area contributed by atoms with Crippen LogP contribution >= 0.6 is 0 Å². The van der Waals surface area contributed by atoms with E-state index in [0.717, 1.165) is 17.5 Å². The number of carboxylic acids is 1. The van der Waals surface area contributed by atoms with E-state index in [1.165, 1.54) is 0 Å². The second kappa shape index (κ2) is 8.93. The Hall–Kier alpha value is -2.53. The zero-order chi connectivity index (χ0) is 17.4. The van der Waals surface area contributed by atoms with Crippen molar-refractivity contribution in [1.29, 1.82) is 0 Å². The second-order valence-corrected chi connectivity index (χ2v) is 5.40. The average molecular weight is 329 g/mol. The van der Waals surface area contributed by atoms with Gasteiger partial charge >= 0.3 is 5.97 Å². The Morgan fingerprint density at radius 2 is 1.92 bits per heavy atom. The molecule has 0 bridgehead atoms. The highest BCUT2D eigenvalue weighted by Gasteiger charge is 2.18. The minimum absolute atomic E-state index is 0.415. The fraction of sp³-hybridized carbons (Fsp3) is 0.316. The molecule has 0 saturated carbocycles. The smallest absolute Gasteiger partial charge is 0.325 e. The number of carbonyl (C=O) groups is 1. The third kappa shape index (κ3) is 4.73. The van der Waals surface area contributed by atoms with Crippen LogP contribution in [0, 0.1) is 0 Å². The fourth-order valence-corrected chi connectivity index (χ4v) is 2.37. The van der Waals surface area contributed by atoms with E-state index in [1.54, 1.807) is 19.2 Å². The third-order valence-electron chi connectivity index (χ3n) is 3.58. The molecule has 0 aliphatic heterocycles. The monoisotopic (exact) mass is 329 g/mol. The number of hydrogen-bond acceptors (Lipinski definition) is 4. The highest BCUT2D eigenvalue weighted by Crippen LogP contribution is 2.28. The summed E-state index contributed by atoms with van der Waals surface area (Å²) in [5.41, 5.74) is 1.66. The summed E-state index contributed by atoms with van der Waals surface area (Å²) in [7, 11) is 1.60. The van der Waals surface area contributed by atoms with Crippen LogP contribution in [0.3, 0.4) is 0 Å². The van der Waals surface area contributed by atoms with Gasteiger partial charge in [-0.25, -0.2) is 0 Å². The molecule has 5 nitrogen and oxygen atoms in total. The van der Waals surface area contributed by atoms with Crippen molar-refractivity contribution in [2.75, 3.05) is 13.7 Å². The molecule has 0 aliphatic carbocycles. The lowest BCUT2D eigenvalue weighted by Crippen LogP contribution is -2.28. The summed E-state index contributed by atoms with van der Waals surface area (Å²) < 4.78 is 11.0. The van der Waals surface area contributed by atoms with Crippen molar-refractivity contribution >= 4 is 5.97 Å². The summed E-state index contributed by atoms with van der Waals surface area (Å²) in [4.78, 5) is 11.5. The molecule has 2 rings (SSSR count). The molecule has 1 atom stereocenters. The lowest BCUT2D eigenvalue weighted by atomic mass is 10.1. The molecule has 0 heterocycles. The number of hydrogen-bond donors (Lipinski definition) is 2. The molecular formula is C19H23NO4. The molecule has 2 aromatic carbocycles. The average Bonchev–Trinajstić information content (AvgIpc) is 2.61.